The molecule has 0 atom stereocenters. The Labute approximate surface area is 158 Å². The van der Waals surface area contributed by atoms with Gasteiger partial charge in [0.2, 0.25) is 5.91 Å². The number of nitrogens with one attached hydrogen (secondary N) is 3. The summed E-state index contributed by atoms with van der Waals surface area (Å²) in [4.78, 5) is 37.0. The van der Waals surface area contributed by atoms with Crippen molar-refractivity contribution < 1.29 is 9.78 Å². The van der Waals surface area contributed by atoms with E-state index < -0.39 is 0 Å². The third kappa shape index (κ3) is 3.66. The Balaban J connectivity index is 1.42. The fourth-order valence-electron chi connectivity index (χ4n) is 3.14. The first-order valence-corrected chi connectivity index (χ1v) is 10.4. The van der Waals surface area contributed by atoms with Crippen LogP contribution in [-0.2, 0) is 24.2 Å². The molecule has 0 aliphatic heterocycles. The molecule has 26 heavy (non-hydrogen) atoms. The van der Waals surface area contributed by atoms with Crippen LogP contribution in [0.1, 0.15) is 28.8 Å². The summed E-state index contributed by atoms with van der Waals surface area (Å²) >= 11 is 2.88. The van der Waals surface area contributed by atoms with Gasteiger partial charge in [-0.25, -0.2) is 9.97 Å². The highest BCUT2D eigenvalue weighted by atomic mass is 32.2. The third-order valence-corrected chi connectivity index (χ3v) is 6.46. The molecule has 1 amide bonds. The molecule has 1 aliphatic carbocycles. The normalized spacial score (nSPS) is 13.5. The highest BCUT2D eigenvalue weighted by Gasteiger charge is 2.20. The number of thiophene rings is 1. The molecular weight excluding hydrogens is 368 g/mol. The molecule has 0 spiro atoms. The van der Waals surface area contributed by atoms with E-state index in [4.69, 9.17) is 0 Å². The van der Waals surface area contributed by atoms with E-state index in [2.05, 4.69) is 20.3 Å². The number of H-pyrrole nitrogens is 2. The van der Waals surface area contributed by atoms with Crippen LogP contribution in [0, 0.1) is 0 Å². The van der Waals surface area contributed by atoms with Gasteiger partial charge in [-0.2, -0.15) is 0 Å². The number of aryl methyl sites for hydroxylation is 2. The number of fused-ring (bicyclic) bond motifs is 3. The van der Waals surface area contributed by atoms with E-state index in [0.717, 1.165) is 35.0 Å². The summed E-state index contributed by atoms with van der Waals surface area (Å²) < 4.78 is 0. The first-order valence-electron chi connectivity index (χ1n) is 8.60. The first-order chi connectivity index (χ1) is 12.7. The number of carbonyl (C=O) groups is 1. The van der Waals surface area contributed by atoms with Gasteiger partial charge in [0.25, 0.3) is 5.56 Å². The average molecular weight is 388 g/mol. The quantitative estimate of drug-likeness (QED) is 0.518. The minimum Gasteiger partial charge on any atom is -0.351 e. The highest BCUT2D eigenvalue weighted by molar-refractivity contribution is 7.99. The molecule has 4 rings (SSSR count). The molecule has 0 aromatic carbocycles. The molecule has 0 saturated carbocycles. The number of aromatic amines is 2. The molecule has 134 valence electrons. The number of carbonyl (C=O) groups excluding carboxylic acids is 1. The Hall–Kier alpha value is -2.19. The van der Waals surface area contributed by atoms with E-state index in [9.17, 15) is 9.59 Å². The molecule has 8 heteroatoms. The molecule has 0 fully saturated rings. The maximum Gasteiger partial charge on any atom is 0.260 e. The van der Waals surface area contributed by atoms with Crippen LogP contribution in [0.15, 0.2) is 34.5 Å². The molecule has 6 nitrogen and oxygen atoms in total. The maximum atomic E-state index is 12.5. The van der Waals surface area contributed by atoms with Crippen molar-refractivity contribution in [1.29, 1.82) is 0 Å². The minimum absolute atomic E-state index is 0.0860. The van der Waals surface area contributed by atoms with Crippen molar-refractivity contribution >= 4 is 39.2 Å². The summed E-state index contributed by atoms with van der Waals surface area (Å²) in [7, 11) is 0. The van der Waals surface area contributed by atoms with Crippen molar-refractivity contribution in [3.63, 3.8) is 0 Å². The fourth-order valence-corrected chi connectivity index (χ4v) is 5.15. The SMILES string of the molecule is O=C(CSc1nc2sc3c(c2c(=O)[nH]1)CCCC3)NCc1ccc[nH+]c1. The van der Waals surface area contributed by atoms with Crippen molar-refractivity contribution in [3.05, 3.63) is 50.9 Å². The molecule has 3 heterocycles. The van der Waals surface area contributed by atoms with Gasteiger partial charge < -0.3 is 10.3 Å². The number of pyridine rings is 1. The predicted octanol–water partition coefficient (Wildman–Crippen LogP) is 2.09. The lowest BCUT2D eigenvalue weighted by Gasteiger charge is -2.09. The third-order valence-electron chi connectivity index (χ3n) is 4.40. The van der Waals surface area contributed by atoms with E-state index >= 15 is 0 Å². The van der Waals surface area contributed by atoms with Crippen LogP contribution in [0.25, 0.3) is 10.2 Å². The second-order valence-electron chi connectivity index (χ2n) is 6.24. The van der Waals surface area contributed by atoms with E-state index in [0.29, 0.717) is 11.7 Å². The van der Waals surface area contributed by atoms with Crippen LogP contribution in [-0.4, -0.2) is 21.6 Å². The summed E-state index contributed by atoms with van der Waals surface area (Å²) in [5, 5.41) is 4.12. The van der Waals surface area contributed by atoms with Gasteiger partial charge in [0.1, 0.15) is 4.83 Å². The van der Waals surface area contributed by atoms with Gasteiger partial charge in [0.05, 0.1) is 11.1 Å². The molecule has 1 aliphatic rings. The van der Waals surface area contributed by atoms with Crippen LogP contribution in [0.5, 0.6) is 0 Å². The zero-order valence-electron chi connectivity index (χ0n) is 14.1. The highest BCUT2D eigenvalue weighted by Crippen LogP contribution is 2.34. The van der Waals surface area contributed by atoms with Gasteiger partial charge in [-0.3, -0.25) is 9.59 Å². The monoisotopic (exact) mass is 387 g/mol. The maximum absolute atomic E-state index is 12.5. The number of aromatic nitrogens is 3. The molecule has 3 N–H and O–H groups in total. The summed E-state index contributed by atoms with van der Waals surface area (Å²) in [5.41, 5.74) is 2.10. The Morgan fingerprint density at radius 2 is 2.27 bits per heavy atom. The smallest absolute Gasteiger partial charge is 0.260 e. The molecule has 0 saturated heterocycles. The van der Waals surface area contributed by atoms with Crippen LogP contribution >= 0.6 is 23.1 Å². The second-order valence-corrected chi connectivity index (χ2v) is 8.29. The van der Waals surface area contributed by atoms with Crippen molar-refractivity contribution in [2.45, 2.75) is 37.4 Å². The van der Waals surface area contributed by atoms with Gasteiger partial charge >= 0.3 is 0 Å². The lowest BCUT2D eigenvalue weighted by atomic mass is 9.97. The summed E-state index contributed by atoms with van der Waals surface area (Å²) in [6.07, 6.45) is 7.98. The summed E-state index contributed by atoms with van der Waals surface area (Å²) in [6, 6.07) is 3.83. The van der Waals surface area contributed by atoms with Crippen LogP contribution in [0.3, 0.4) is 0 Å². The summed E-state index contributed by atoms with van der Waals surface area (Å²) in [6.45, 7) is 0.470. The number of hydrogen-bond acceptors (Lipinski definition) is 5. The molecule has 0 unspecified atom stereocenters. The van der Waals surface area contributed by atoms with Crippen molar-refractivity contribution in [1.82, 2.24) is 15.3 Å². The topological polar surface area (TPSA) is 89.0 Å². The Bertz CT molecular complexity index is 998. The van der Waals surface area contributed by atoms with Crippen LogP contribution in [0.2, 0.25) is 0 Å². The summed E-state index contributed by atoms with van der Waals surface area (Å²) in [5.74, 6) is 0.128. The van der Waals surface area contributed by atoms with Gasteiger partial charge in [-0.05, 0) is 37.3 Å². The molecule has 3 aromatic heterocycles. The zero-order valence-corrected chi connectivity index (χ0v) is 15.8. The minimum atomic E-state index is -0.0907. The largest absolute Gasteiger partial charge is 0.351 e. The average Bonchev–Trinajstić information content (AvgIpc) is 3.04. The number of rotatable bonds is 5. The van der Waals surface area contributed by atoms with E-state index in [1.807, 2.05) is 24.5 Å². The zero-order chi connectivity index (χ0) is 17.9. The Morgan fingerprint density at radius 1 is 1.38 bits per heavy atom. The van der Waals surface area contributed by atoms with Crippen LogP contribution < -0.4 is 15.9 Å². The molecule has 0 radical (unpaired) electrons. The fraction of sp³-hybridized carbons (Fsp3) is 0.333. The number of thioether (sulfide) groups is 1. The molecular formula is C18H19N4O2S2+. The number of hydrogen-bond donors (Lipinski definition) is 2. The lowest BCUT2D eigenvalue weighted by molar-refractivity contribution is -0.378. The predicted molar refractivity (Wildman–Crippen MR) is 102 cm³/mol. The van der Waals surface area contributed by atoms with Crippen LogP contribution in [0.4, 0.5) is 0 Å². The number of amides is 1. The van der Waals surface area contributed by atoms with Gasteiger partial charge in [-0.15, -0.1) is 11.3 Å². The van der Waals surface area contributed by atoms with E-state index in [1.54, 1.807) is 11.3 Å². The van der Waals surface area contributed by atoms with Gasteiger partial charge in [0.15, 0.2) is 17.6 Å². The second kappa shape index (κ2) is 7.59. The lowest BCUT2D eigenvalue weighted by Crippen LogP contribution is -2.25. The van der Waals surface area contributed by atoms with Gasteiger partial charge in [-0.1, -0.05) is 11.8 Å². The Morgan fingerprint density at radius 3 is 3.12 bits per heavy atom. The standard InChI is InChI=1S/C18H18N4O2S2/c23-14(20-9-11-4-3-7-19-8-11)10-25-18-21-16(24)15-12-5-1-2-6-13(12)26-17(15)22-18/h3-4,7-8H,1-2,5-6,9-10H2,(H,20,23)(H,21,22,24)/p+1. The first kappa shape index (κ1) is 17.2. The van der Waals surface area contributed by atoms with Crippen molar-refractivity contribution in [3.8, 4) is 0 Å². The molecule has 0 bridgehead atoms. The van der Waals surface area contributed by atoms with E-state index in [-0.39, 0.29) is 17.2 Å². The van der Waals surface area contributed by atoms with Crippen molar-refractivity contribution in [2.24, 2.45) is 0 Å². The number of nitrogens with zero attached hydrogens (tertiary/aromatic N) is 1. The van der Waals surface area contributed by atoms with E-state index in [1.165, 1.54) is 28.6 Å². The van der Waals surface area contributed by atoms with Crippen molar-refractivity contribution in [2.75, 3.05) is 5.75 Å². The molecule has 3 aromatic rings. The Kier molecular flexibility index (Phi) is 5.03. The van der Waals surface area contributed by atoms with Gasteiger partial charge in [0, 0.05) is 23.1 Å².